The van der Waals surface area contributed by atoms with E-state index in [-0.39, 0.29) is 35.1 Å². The Morgan fingerprint density at radius 3 is 2.77 bits per heavy atom. The second kappa shape index (κ2) is 6.42. The second-order valence-electron chi connectivity index (χ2n) is 6.09. The lowest BCUT2D eigenvalue weighted by Crippen LogP contribution is -2.26. The molecule has 2 heterocycles. The van der Waals surface area contributed by atoms with Crippen LogP contribution >= 0.6 is 15.9 Å². The van der Waals surface area contributed by atoms with Gasteiger partial charge in [0.15, 0.2) is 0 Å². The molecule has 7 heteroatoms. The zero-order valence-electron chi connectivity index (χ0n) is 13.7. The molecule has 0 saturated carbocycles. The molecular formula is C19H15BrN4O2. The largest absolute Gasteiger partial charge is 0.510 e. The molecule has 0 fully saturated rings. The Balaban J connectivity index is 1.70. The van der Waals surface area contributed by atoms with Crippen LogP contribution in [0.5, 0.6) is 0 Å². The van der Waals surface area contributed by atoms with Crippen molar-refractivity contribution in [1.29, 1.82) is 5.41 Å². The summed E-state index contributed by atoms with van der Waals surface area (Å²) in [6.07, 6.45) is 0. The molecule has 1 aliphatic rings. The molecule has 1 aromatic heterocycles. The minimum absolute atomic E-state index is 0.0329. The number of rotatable bonds is 3. The molecule has 2 aromatic carbocycles. The maximum atomic E-state index is 12.4. The number of halogens is 1. The van der Waals surface area contributed by atoms with Gasteiger partial charge in [-0.3, -0.25) is 10.2 Å². The van der Waals surface area contributed by atoms with Crippen molar-refractivity contribution in [3.8, 4) is 0 Å². The van der Waals surface area contributed by atoms with Crippen molar-refractivity contribution in [3.05, 3.63) is 80.5 Å². The standard InChI is InChI=1S/C19H15BrN4O2/c20-12-6-7-14-13(8-12)19(26)23-18(22-14)16-15(25)10-24(17(16)21)9-11-4-2-1-3-5-11/h1-8,21,25H,9-10H2,(H,22,23,26). The van der Waals surface area contributed by atoms with Gasteiger partial charge < -0.3 is 15.0 Å². The van der Waals surface area contributed by atoms with E-state index in [1.165, 1.54) is 0 Å². The minimum Gasteiger partial charge on any atom is -0.510 e. The zero-order valence-corrected chi connectivity index (χ0v) is 15.2. The summed E-state index contributed by atoms with van der Waals surface area (Å²) in [5, 5.41) is 19.3. The van der Waals surface area contributed by atoms with E-state index in [0.29, 0.717) is 17.4 Å². The van der Waals surface area contributed by atoms with Gasteiger partial charge in [-0.15, -0.1) is 0 Å². The van der Waals surface area contributed by atoms with E-state index in [1.54, 1.807) is 23.1 Å². The Bertz CT molecular complexity index is 1110. The Morgan fingerprint density at radius 1 is 1.23 bits per heavy atom. The molecular weight excluding hydrogens is 396 g/mol. The van der Waals surface area contributed by atoms with Crippen LogP contribution in [0.15, 0.2) is 63.6 Å². The number of hydrogen-bond acceptors (Lipinski definition) is 4. The smallest absolute Gasteiger partial charge is 0.259 e. The van der Waals surface area contributed by atoms with Gasteiger partial charge in [-0.05, 0) is 23.8 Å². The summed E-state index contributed by atoms with van der Waals surface area (Å²) in [5.41, 5.74) is 1.52. The maximum absolute atomic E-state index is 12.4. The first kappa shape index (κ1) is 16.5. The van der Waals surface area contributed by atoms with Crippen LogP contribution in [-0.2, 0) is 6.54 Å². The molecule has 0 aliphatic carbocycles. The number of fused-ring (bicyclic) bond motifs is 1. The first-order valence-electron chi connectivity index (χ1n) is 8.03. The summed E-state index contributed by atoms with van der Waals surface area (Å²) in [5.74, 6) is 0.388. The van der Waals surface area contributed by atoms with E-state index >= 15 is 0 Å². The Kier molecular flexibility index (Phi) is 4.08. The molecule has 26 heavy (non-hydrogen) atoms. The fourth-order valence-electron chi connectivity index (χ4n) is 3.05. The number of aliphatic hydroxyl groups is 1. The molecule has 0 unspecified atom stereocenters. The molecule has 3 aromatic rings. The highest BCUT2D eigenvalue weighted by Crippen LogP contribution is 2.27. The van der Waals surface area contributed by atoms with Gasteiger partial charge in [-0.25, -0.2) is 4.98 Å². The van der Waals surface area contributed by atoms with Crippen LogP contribution in [0.3, 0.4) is 0 Å². The number of aromatic amines is 1. The molecule has 130 valence electrons. The van der Waals surface area contributed by atoms with Crippen molar-refractivity contribution in [1.82, 2.24) is 14.9 Å². The number of amidine groups is 1. The number of nitrogens with zero attached hydrogens (tertiary/aromatic N) is 2. The van der Waals surface area contributed by atoms with Gasteiger partial charge in [0.25, 0.3) is 5.56 Å². The van der Waals surface area contributed by atoms with Crippen molar-refractivity contribution in [2.75, 3.05) is 6.54 Å². The topological polar surface area (TPSA) is 93.1 Å². The molecule has 0 radical (unpaired) electrons. The van der Waals surface area contributed by atoms with Gasteiger partial charge in [0, 0.05) is 11.0 Å². The first-order valence-corrected chi connectivity index (χ1v) is 8.82. The van der Waals surface area contributed by atoms with Gasteiger partial charge in [0.05, 0.1) is 23.0 Å². The van der Waals surface area contributed by atoms with Gasteiger partial charge in [0.1, 0.15) is 17.4 Å². The summed E-state index contributed by atoms with van der Waals surface area (Å²) in [7, 11) is 0. The van der Waals surface area contributed by atoms with Gasteiger partial charge in [0.2, 0.25) is 0 Å². The van der Waals surface area contributed by atoms with Crippen molar-refractivity contribution < 1.29 is 5.11 Å². The number of aliphatic hydroxyl groups excluding tert-OH is 1. The van der Waals surface area contributed by atoms with Crippen molar-refractivity contribution in [3.63, 3.8) is 0 Å². The van der Waals surface area contributed by atoms with E-state index in [9.17, 15) is 9.90 Å². The maximum Gasteiger partial charge on any atom is 0.259 e. The zero-order chi connectivity index (χ0) is 18.3. The SMILES string of the molecule is N=C1C(c2nc3ccc(Br)cc3c(=O)[nH]2)=C(O)CN1Cc1ccccc1. The summed E-state index contributed by atoms with van der Waals surface area (Å²) in [6, 6.07) is 15.0. The van der Waals surface area contributed by atoms with Crippen LogP contribution in [0, 0.1) is 5.41 Å². The number of benzene rings is 2. The van der Waals surface area contributed by atoms with Crippen molar-refractivity contribution in [2.24, 2.45) is 0 Å². The van der Waals surface area contributed by atoms with E-state index in [0.717, 1.165) is 10.0 Å². The molecule has 6 nitrogen and oxygen atoms in total. The summed E-state index contributed by atoms with van der Waals surface area (Å²) in [6.45, 7) is 0.711. The van der Waals surface area contributed by atoms with E-state index in [2.05, 4.69) is 25.9 Å². The third kappa shape index (κ3) is 2.90. The predicted octanol–water partition coefficient (Wildman–Crippen LogP) is 3.45. The second-order valence-corrected chi connectivity index (χ2v) is 7.00. The van der Waals surface area contributed by atoms with Gasteiger partial charge in [-0.1, -0.05) is 46.3 Å². The normalized spacial score (nSPS) is 14.5. The average molecular weight is 411 g/mol. The third-order valence-electron chi connectivity index (χ3n) is 4.30. The highest BCUT2D eigenvalue weighted by Gasteiger charge is 2.30. The van der Waals surface area contributed by atoms with Crippen LogP contribution in [0.25, 0.3) is 16.5 Å². The lowest BCUT2D eigenvalue weighted by molar-refractivity contribution is 0.347. The molecule has 0 amide bonds. The van der Waals surface area contributed by atoms with Gasteiger partial charge in [-0.2, -0.15) is 0 Å². The summed E-state index contributed by atoms with van der Waals surface area (Å²) < 4.78 is 0.787. The van der Waals surface area contributed by atoms with E-state index in [1.807, 2.05) is 30.3 Å². The van der Waals surface area contributed by atoms with Gasteiger partial charge >= 0.3 is 0 Å². The molecule has 0 atom stereocenters. The molecule has 3 N–H and O–H groups in total. The number of aromatic nitrogens is 2. The third-order valence-corrected chi connectivity index (χ3v) is 4.80. The van der Waals surface area contributed by atoms with Crippen LogP contribution in [0.4, 0.5) is 0 Å². The minimum atomic E-state index is -0.305. The quantitative estimate of drug-likeness (QED) is 0.616. The van der Waals surface area contributed by atoms with E-state index < -0.39 is 0 Å². The Morgan fingerprint density at radius 2 is 2.00 bits per heavy atom. The lowest BCUT2D eigenvalue weighted by Gasteiger charge is -2.18. The van der Waals surface area contributed by atoms with Crippen LogP contribution in [-0.4, -0.2) is 32.4 Å². The number of H-pyrrole nitrogens is 1. The highest BCUT2D eigenvalue weighted by atomic mass is 79.9. The Labute approximate surface area is 157 Å². The molecule has 1 aliphatic heterocycles. The predicted molar refractivity (Wildman–Crippen MR) is 104 cm³/mol. The van der Waals surface area contributed by atoms with Crippen LogP contribution < -0.4 is 5.56 Å². The number of hydrogen-bond donors (Lipinski definition) is 3. The first-order chi connectivity index (χ1) is 12.5. The van der Waals surface area contributed by atoms with Crippen molar-refractivity contribution in [2.45, 2.75) is 6.54 Å². The molecule has 0 bridgehead atoms. The average Bonchev–Trinajstić information content (AvgIpc) is 2.90. The number of nitrogens with one attached hydrogen (secondary N) is 2. The summed E-state index contributed by atoms with van der Waals surface area (Å²) >= 11 is 3.34. The Hall–Kier alpha value is -2.93. The molecule has 0 spiro atoms. The van der Waals surface area contributed by atoms with Crippen molar-refractivity contribution >= 4 is 38.2 Å². The molecule has 4 rings (SSSR count). The molecule has 0 saturated heterocycles. The fraction of sp³-hybridized carbons (Fsp3) is 0.105. The van der Waals surface area contributed by atoms with Crippen LogP contribution in [0.2, 0.25) is 0 Å². The highest BCUT2D eigenvalue weighted by molar-refractivity contribution is 9.10. The monoisotopic (exact) mass is 410 g/mol. The van der Waals surface area contributed by atoms with Crippen LogP contribution in [0.1, 0.15) is 11.4 Å². The summed E-state index contributed by atoms with van der Waals surface area (Å²) in [4.78, 5) is 21.3. The fourth-order valence-corrected chi connectivity index (χ4v) is 3.41. The van der Waals surface area contributed by atoms with E-state index in [4.69, 9.17) is 5.41 Å². The lowest BCUT2D eigenvalue weighted by atomic mass is 10.2.